The van der Waals surface area contributed by atoms with Crippen molar-refractivity contribution < 1.29 is 69.1 Å². The summed E-state index contributed by atoms with van der Waals surface area (Å²) < 4.78 is 0. The van der Waals surface area contributed by atoms with E-state index in [1.807, 2.05) is 0 Å². The quantitative estimate of drug-likeness (QED) is 0.372. The van der Waals surface area contributed by atoms with E-state index in [1.165, 1.54) is 0 Å². The van der Waals surface area contributed by atoms with E-state index in [-0.39, 0.29) is 69.1 Å². The number of hydrogen-bond acceptors (Lipinski definition) is 0. The standard InChI is InChI=1S/4ClH.Rh/h4*1H;/q;;;;+4/p-4. The Balaban J connectivity index is 0. The van der Waals surface area contributed by atoms with Gasteiger partial charge in [0.1, 0.15) is 0 Å². The minimum absolute atomic E-state index is 0. The van der Waals surface area contributed by atoms with E-state index >= 15 is 0 Å². The van der Waals surface area contributed by atoms with E-state index in [4.69, 9.17) is 0 Å². The summed E-state index contributed by atoms with van der Waals surface area (Å²) >= 11 is 0. The molecular weight excluding hydrogens is 245 g/mol. The molecule has 0 aromatic heterocycles. The van der Waals surface area contributed by atoms with Crippen molar-refractivity contribution in [2.45, 2.75) is 0 Å². The summed E-state index contributed by atoms with van der Waals surface area (Å²) in [4.78, 5) is 0. The molecule has 0 amide bonds. The van der Waals surface area contributed by atoms with Crippen molar-refractivity contribution in [2.24, 2.45) is 0 Å². The summed E-state index contributed by atoms with van der Waals surface area (Å²) in [5.74, 6) is 0. The van der Waals surface area contributed by atoms with E-state index in [9.17, 15) is 0 Å². The third-order valence-corrected chi connectivity index (χ3v) is 0. The van der Waals surface area contributed by atoms with Crippen LogP contribution in [0.2, 0.25) is 0 Å². The summed E-state index contributed by atoms with van der Waals surface area (Å²) in [7, 11) is 0. The predicted octanol–water partition coefficient (Wildman–Crippen LogP) is -12.0. The fourth-order valence-corrected chi connectivity index (χ4v) is 0. The van der Waals surface area contributed by atoms with E-state index in [0.717, 1.165) is 0 Å². The Morgan fingerprint density at radius 2 is 0.400 bits per heavy atom. The molecule has 0 bridgehead atoms. The van der Waals surface area contributed by atoms with Gasteiger partial charge < -0.3 is 49.6 Å². The maximum absolute atomic E-state index is 0. The van der Waals surface area contributed by atoms with Crippen molar-refractivity contribution in [3.05, 3.63) is 0 Å². The van der Waals surface area contributed by atoms with Crippen LogP contribution in [0.25, 0.3) is 0 Å². The monoisotopic (exact) mass is 243 g/mol. The molecule has 0 saturated carbocycles. The molecule has 0 aromatic carbocycles. The topological polar surface area (TPSA) is 0 Å². The molecule has 0 nitrogen and oxygen atoms in total. The molecule has 0 fully saturated rings. The third kappa shape index (κ3) is 26.0. The van der Waals surface area contributed by atoms with E-state index in [0.29, 0.717) is 0 Å². The number of rotatable bonds is 0. The molecule has 0 N–H and O–H groups in total. The van der Waals surface area contributed by atoms with Gasteiger partial charge in [-0.3, -0.25) is 0 Å². The maximum atomic E-state index is 0. The Morgan fingerprint density at radius 3 is 0.400 bits per heavy atom. The zero-order valence-electron chi connectivity index (χ0n) is 1.85. The molecule has 0 heterocycles. The van der Waals surface area contributed by atoms with E-state index < -0.39 is 0 Å². The largest absolute Gasteiger partial charge is 4.00 e. The van der Waals surface area contributed by atoms with Gasteiger partial charge in [0.25, 0.3) is 0 Å². The van der Waals surface area contributed by atoms with Gasteiger partial charge in [0.2, 0.25) is 0 Å². The van der Waals surface area contributed by atoms with Gasteiger partial charge in [-0.2, -0.15) is 0 Å². The summed E-state index contributed by atoms with van der Waals surface area (Å²) in [5.41, 5.74) is 0. The number of halogens is 4. The Morgan fingerprint density at radius 1 is 0.400 bits per heavy atom. The molecular formula is Cl4Rh. The summed E-state index contributed by atoms with van der Waals surface area (Å²) in [6.07, 6.45) is 0. The van der Waals surface area contributed by atoms with Crippen molar-refractivity contribution >= 4 is 0 Å². The van der Waals surface area contributed by atoms with Crippen LogP contribution < -0.4 is 49.6 Å². The van der Waals surface area contributed by atoms with E-state index in [2.05, 4.69) is 0 Å². The molecule has 0 saturated heterocycles. The van der Waals surface area contributed by atoms with Crippen LogP contribution in [-0.2, 0) is 19.5 Å². The van der Waals surface area contributed by atoms with E-state index in [1.54, 1.807) is 0 Å². The summed E-state index contributed by atoms with van der Waals surface area (Å²) in [6.45, 7) is 0. The van der Waals surface area contributed by atoms with Gasteiger partial charge in [0.05, 0.1) is 0 Å². The molecule has 37 valence electrons. The molecule has 0 rings (SSSR count). The van der Waals surface area contributed by atoms with Gasteiger partial charge in [-0.25, -0.2) is 0 Å². The van der Waals surface area contributed by atoms with Gasteiger partial charge in [-0.05, 0) is 0 Å². The third-order valence-electron chi connectivity index (χ3n) is 0. The molecule has 5 heteroatoms. The Hall–Kier alpha value is 1.78. The second kappa shape index (κ2) is 41.6. The normalized spacial score (nSPS) is 0. The van der Waals surface area contributed by atoms with Crippen LogP contribution in [-0.4, -0.2) is 0 Å². The minimum Gasteiger partial charge on any atom is -1.00 e. The average Bonchev–Trinajstić information content (AvgIpc) is 0. The molecule has 0 aliphatic rings. The Kier molecular flexibility index (Phi) is 594. The Labute approximate surface area is 68.9 Å². The van der Waals surface area contributed by atoms with Crippen LogP contribution in [0.5, 0.6) is 0 Å². The molecule has 5 heavy (non-hydrogen) atoms. The molecule has 0 aromatic rings. The van der Waals surface area contributed by atoms with Crippen molar-refractivity contribution in [2.75, 3.05) is 0 Å². The maximum Gasteiger partial charge on any atom is 4.00 e. The molecule has 1 radical (unpaired) electrons. The fraction of sp³-hybridized carbons (Fsp3) is 0. The van der Waals surface area contributed by atoms with Crippen LogP contribution in [0.1, 0.15) is 0 Å². The molecule has 0 spiro atoms. The average molecular weight is 245 g/mol. The molecule has 0 unspecified atom stereocenters. The van der Waals surface area contributed by atoms with Crippen LogP contribution in [0.15, 0.2) is 0 Å². The first-order valence-electron chi connectivity index (χ1n) is 0. The predicted molar refractivity (Wildman–Crippen MR) is 0 cm³/mol. The molecule has 0 atom stereocenters. The zero-order chi connectivity index (χ0) is 0. The van der Waals surface area contributed by atoms with Crippen molar-refractivity contribution in [3.8, 4) is 0 Å². The second-order valence-electron chi connectivity index (χ2n) is 0. The van der Waals surface area contributed by atoms with Gasteiger partial charge in [-0.1, -0.05) is 0 Å². The van der Waals surface area contributed by atoms with Crippen LogP contribution in [0.3, 0.4) is 0 Å². The van der Waals surface area contributed by atoms with Crippen molar-refractivity contribution in [1.82, 2.24) is 0 Å². The van der Waals surface area contributed by atoms with Gasteiger partial charge >= 0.3 is 19.5 Å². The van der Waals surface area contributed by atoms with Gasteiger partial charge in [0, 0.05) is 0 Å². The fourth-order valence-electron chi connectivity index (χ4n) is 0. The van der Waals surface area contributed by atoms with Gasteiger partial charge in [-0.15, -0.1) is 0 Å². The first-order chi connectivity index (χ1) is 0. The van der Waals surface area contributed by atoms with Crippen molar-refractivity contribution in [1.29, 1.82) is 0 Å². The zero-order valence-corrected chi connectivity index (χ0v) is 6.51. The van der Waals surface area contributed by atoms with Crippen LogP contribution in [0.4, 0.5) is 0 Å². The van der Waals surface area contributed by atoms with Crippen LogP contribution >= 0.6 is 0 Å². The first-order valence-corrected chi connectivity index (χ1v) is 0. The second-order valence-corrected chi connectivity index (χ2v) is 0. The first kappa shape index (κ1) is 71.3. The Bertz CT molecular complexity index is 3.61. The SMILES string of the molecule is [Cl-].[Cl-].[Cl-].[Cl-].[Rh+4]. The molecule has 0 aliphatic carbocycles. The summed E-state index contributed by atoms with van der Waals surface area (Å²) in [5, 5.41) is 0. The van der Waals surface area contributed by atoms with Crippen molar-refractivity contribution in [3.63, 3.8) is 0 Å². The smallest absolute Gasteiger partial charge is 1.00 e. The number of hydrogen-bond donors (Lipinski definition) is 0. The van der Waals surface area contributed by atoms with Gasteiger partial charge in [0.15, 0.2) is 0 Å². The molecule has 0 aliphatic heterocycles. The van der Waals surface area contributed by atoms with Crippen LogP contribution in [0, 0.1) is 0 Å². The minimum atomic E-state index is 0. The summed E-state index contributed by atoms with van der Waals surface area (Å²) in [6, 6.07) is 0.